The Morgan fingerprint density at radius 2 is 2.03 bits per heavy atom. The average Bonchev–Trinajstić information content (AvgIpc) is 3.18. The van der Waals surface area contributed by atoms with Crippen LogP contribution in [0.15, 0.2) is 73.8 Å². The first-order valence-electron chi connectivity index (χ1n) is 8.66. The fraction of sp³-hybridized carbons (Fsp3) is 0.0455. The van der Waals surface area contributed by atoms with E-state index in [-0.39, 0.29) is 5.63 Å². The minimum atomic E-state index is -0.385. The second-order valence-corrected chi connectivity index (χ2v) is 8.09. The molecule has 4 rings (SSSR count). The number of hydrogen-bond donors (Lipinski definition) is 1. The average molecular weight is 464 g/mol. The predicted molar refractivity (Wildman–Crippen MR) is 120 cm³/mol. The number of benzene rings is 2. The molecule has 0 spiro atoms. The van der Waals surface area contributed by atoms with Gasteiger partial charge < -0.3 is 9.73 Å². The molecule has 0 saturated carbocycles. The van der Waals surface area contributed by atoms with Gasteiger partial charge in [0.1, 0.15) is 22.2 Å². The van der Waals surface area contributed by atoms with Gasteiger partial charge in [0, 0.05) is 44.8 Å². The van der Waals surface area contributed by atoms with Crippen molar-refractivity contribution in [3.63, 3.8) is 0 Å². The molecule has 5 nitrogen and oxygen atoms in total. The van der Waals surface area contributed by atoms with Crippen LogP contribution in [0.1, 0.15) is 10.6 Å². The molecule has 0 bridgehead atoms. The number of nitriles is 1. The number of halogens is 1. The van der Waals surface area contributed by atoms with Crippen molar-refractivity contribution in [2.24, 2.45) is 0 Å². The molecule has 0 amide bonds. The largest absolute Gasteiger partial charge is 0.423 e. The van der Waals surface area contributed by atoms with E-state index in [1.165, 1.54) is 17.4 Å². The molecule has 2 aromatic carbocycles. The Kier molecular flexibility index (Phi) is 5.30. The smallest absolute Gasteiger partial charge is 0.336 e. The van der Waals surface area contributed by atoms with Crippen LogP contribution in [0.4, 0.5) is 5.69 Å². The van der Waals surface area contributed by atoms with E-state index in [1.54, 1.807) is 12.3 Å². The maximum atomic E-state index is 11.6. The summed E-state index contributed by atoms with van der Waals surface area (Å²) in [5.41, 5.74) is 3.91. The monoisotopic (exact) mass is 463 g/mol. The summed E-state index contributed by atoms with van der Waals surface area (Å²) in [7, 11) is 0. The fourth-order valence-corrected chi connectivity index (χ4v) is 3.92. The van der Waals surface area contributed by atoms with Crippen LogP contribution < -0.4 is 10.9 Å². The Balaban J connectivity index is 1.60. The number of hydrogen-bond acceptors (Lipinski definition) is 6. The number of allylic oxidation sites excluding steroid dienone is 1. The van der Waals surface area contributed by atoms with Crippen molar-refractivity contribution in [3.05, 3.63) is 85.6 Å². The van der Waals surface area contributed by atoms with Gasteiger partial charge in [-0.15, -0.1) is 11.3 Å². The maximum absolute atomic E-state index is 11.6. The van der Waals surface area contributed by atoms with E-state index < -0.39 is 0 Å². The van der Waals surface area contributed by atoms with Crippen LogP contribution in [-0.4, -0.2) is 4.98 Å². The van der Waals surface area contributed by atoms with Crippen molar-refractivity contribution < 1.29 is 4.42 Å². The highest BCUT2D eigenvalue weighted by molar-refractivity contribution is 9.10. The van der Waals surface area contributed by atoms with Crippen molar-refractivity contribution in [2.75, 3.05) is 5.32 Å². The topological polar surface area (TPSA) is 78.9 Å². The van der Waals surface area contributed by atoms with Gasteiger partial charge in [0.2, 0.25) is 0 Å². The summed E-state index contributed by atoms with van der Waals surface area (Å²) in [6, 6.07) is 17.0. The lowest BCUT2D eigenvalue weighted by atomic mass is 10.1. The number of rotatable bonds is 4. The van der Waals surface area contributed by atoms with Crippen molar-refractivity contribution in [3.8, 4) is 17.3 Å². The standard InChI is InChI=1S/C22H14BrN3O2S/c1-13-8-21(27)28-20-9-17(6-7-18(13)20)25-11-15(10-24)22-26-19(12-29-22)14-2-4-16(23)5-3-14/h2-9,11-12,25H,1H3/b15-11+. The predicted octanol–water partition coefficient (Wildman–Crippen LogP) is 5.96. The second kappa shape index (κ2) is 8.03. The molecule has 2 heterocycles. The summed E-state index contributed by atoms with van der Waals surface area (Å²) in [6.07, 6.45) is 1.61. The Hall–Kier alpha value is -3.21. The van der Waals surface area contributed by atoms with E-state index in [4.69, 9.17) is 4.42 Å². The molecule has 142 valence electrons. The Labute approximate surface area is 179 Å². The Bertz CT molecular complexity index is 1330. The normalized spacial score (nSPS) is 11.4. The molecule has 2 aromatic heterocycles. The van der Waals surface area contributed by atoms with Gasteiger partial charge in [0.15, 0.2) is 0 Å². The first kappa shape index (κ1) is 19.1. The van der Waals surface area contributed by atoms with Crippen molar-refractivity contribution in [1.82, 2.24) is 4.98 Å². The van der Waals surface area contributed by atoms with Gasteiger partial charge in [0.25, 0.3) is 0 Å². The highest BCUT2D eigenvalue weighted by atomic mass is 79.9. The lowest BCUT2D eigenvalue weighted by Crippen LogP contribution is -1.98. The lowest BCUT2D eigenvalue weighted by Gasteiger charge is -2.05. The number of aromatic nitrogens is 1. The second-order valence-electron chi connectivity index (χ2n) is 6.32. The van der Waals surface area contributed by atoms with E-state index in [0.717, 1.165) is 26.7 Å². The fourth-order valence-electron chi connectivity index (χ4n) is 2.86. The van der Waals surface area contributed by atoms with Gasteiger partial charge in [0.05, 0.1) is 5.69 Å². The number of nitrogens with zero attached hydrogens (tertiary/aromatic N) is 2. The Morgan fingerprint density at radius 3 is 2.79 bits per heavy atom. The van der Waals surface area contributed by atoms with Gasteiger partial charge in [-0.1, -0.05) is 28.1 Å². The van der Waals surface area contributed by atoms with Crippen LogP contribution in [0, 0.1) is 18.3 Å². The third-order valence-electron chi connectivity index (χ3n) is 4.33. The van der Waals surface area contributed by atoms with Crippen LogP contribution in [0.25, 0.3) is 27.8 Å². The molecule has 1 N–H and O–H groups in total. The third-order valence-corrected chi connectivity index (χ3v) is 5.73. The lowest BCUT2D eigenvalue weighted by molar-refractivity contribution is 0.560. The van der Waals surface area contributed by atoms with Gasteiger partial charge >= 0.3 is 5.63 Å². The molecule has 0 aliphatic carbocycles. The quantitative estimate of drug-likeness (QED) is 0.298. The van der Waals surface area contributed by atoms with E-state index in [2.05, 4.69) is 32.3 Å². The Morgan fingerprint density at radius 1 is 1.24 bits per heavy atom. The van der Waals surface area contributed by atoms with Crippen LogP contribution in [0.3, 0.4) is 0 Å². The molecule has 0 saturated heterocycles. The van der Waals surface area contributed by atoms with E-state index >= 15 is 0 Å². The van der Waals surface area contributed by atoms with Crippen molar-refractivity contribution in [2.45, 2.75) is 6.92 Å². The molecule has 0 radical (unpaired) electrons. The number of thiazole rings is 1. The van der Waals surface area contributed by atoms with E-state index in [0.29, 0.717) is 21.9 Å². The number of nitrogens with one attached hydrogen (secondary N) is 1. The van der Waals surface area contributed by atoms with Crippen LogP contribution in [0.5, 0.6) is 0 Å². The summed E-state index contributed by atoms with van der Waals surface area (Å²) >= 11 is 4.83. The molecule has 0 unspecified atom stereocenters. The van der Waals surface area contributed by atoms with Crippen LogP contribution in [0.2, 0.25) is 0 Å². The van der Waals surface area contributed by atoms with E-state index in [9.17, 15) is 10.1 Å². The summed E-state index contributed by atoms with van der Waals surface area (Å²) in [5, 5.41) is 16.1. The molecular formula is C22H14BrN3O2S. The molecular weight excluding hydrogens is 450 g/mol. The third kappa shape index (κ3) is 4.14. The SMILES string of the molecule is Cc1cc(=O)oc2cc(N/C=C(\C#N)c3nc(-c4ccc(Br)cc4)cs3)ccc12. The number of aryl methyl sites for hydroxylation is 1. The molecule has 0 aliphatic rings. The first-order valence-corrected chi connectivity index (χ1v) is 10.3. The molecule has 0 fully saturated rings. The highest BCUT2D eigenvalue weighted by Crippen LogP contribution is 2.27. The highest BCUT2D eigenvalue weighted by Gasteiger charge is 2.09. The van der Waals surface area contributed by atoms with Gasteiger partial charge in [-0.3, -0.25) is 0 Å². The zero-order chi connectivity index (χ0) is 20.4. The number of fused-ring (bicyclic) bond motifs is 1. The minimum Gasteiger partial charge on any atom is -0.423 e. The first-order chi connectivity index (χ1) is 14.0. The zero-order valence-corrected chi connectivity index (χ0v) is 17.7. The summed E-state index contributed by atoms with van der Waals surface area (Å²) in [6.45, 7) is 1.87. The maximum Gasteiger partial charge on any atom is 0.336 e. The van der Waals surface area contributed by atoms with Crippen LogP contribution >= 0.6 is 27.3 Å². The van der Waals surface area contributed by atoms with E-state index in [1.807, 2.05) is 48.7 Å². The zero-order valence-electron chi connectivity index (χ0n) is 15.3. The summed E-state index contributed by atoms with van der Waals surface area (Å²) in [5.74, 6) is 0. The molecule has 7 heteroatoms. The van der Waals surface area contributed by atoms with Crippen molar-refractivity contribution in [1.29, 1.82) is 5.26 Å². The molecule has 0 atom stereocenters. The summed E-state index contributed by atoms with van der Waals surface area (Å²) < 4.78 is 6.27. The van der Waals surface area contributed by atoms with Gasteiger partial charge in [-0.25, -0.2) is 9.78 Å². The van der Waals surface area contributed by atoms with Gasteiger partial charge in [-0.05, 0) is 36.8 Å². The molecule has 4 aromatic rings. The van der Waals surface area contributed by atoms with Gasteiger partial charge in [-0.2, -0.15) is 5.26 Å². The van der Waals surface area contributed by atoms with Crippen LogP contribution in [-0.2, 0) is 0 Å². The molecule has 0 aliphatic heterocycles. The summed E-state index contributed by atoms with van der Waals surface area (Å²) in [4.78, 5) is 16.2. The van der Waals surface area contributed by atoms with Crippen molar-refractivity contribution >= 4 is 49.5 Å². The number of anilines is 1. The minimum absolute atomic E-state index is 0.385. The molecule has 29 heavy (non-hydrogen) atoms.